The third kappa shape index (κ3) is 4.99. The van der Waals surface area contributed by atoms with Crippen molar-refractivity contribution in [3.63, 3.8) is 0 Å². The number of benzene rings is 4. The van der Waals surface area contributed by atoms with Crippen LogP contribution < -0.4 is 15.9 Å². The predicted octanol–water partition coefficient (Wildman–Crippen LogP) is 6.94. The number of nitrogens with zero attached hydrogens (tertiary/aromatic N) is 1. The lowest BCUT2D eigenvalue weighted by atomic mass is 9.88. The minimum absolute atomic E-state index is 0.0130. The summed E-state index contributed by atoms with van der Waals surface area (Å²) in [5, 5.41) is 3.43. The van der Waals surface area contributed by atoms with Crippen LogP contribution in [0.25, 0.3) is 17.2 Å². The minimum atomic E-state index is -2.39. The molecule has 0 N–H and O–H groups in total. The molecule has 5 rings (SSSR count). The zero-order valence-corrected chi connectivity index (χ0v) is 23.3. The highest BCUT2D eigenvalue weighted by atomic mass is 32.4. The monoisotopic (exact) mass is 521 g/mol. The Hall–Kier alpha value is -3.26. The van der Waals surface area contributed by atoms with E-state index in [0.717, 1.165) is 38.2 Å². The quantitative estimate of drug-likeness (QED) is 0.256. The van der Waals surface area contributed by atoms with E-state index in [1.807, 2.05) is 18.2 Å². The van der Waals surface area contributed by atoms with Gasteiger partial charge in [0.05, 0.1) is 6.04 Å². The molecule has 0 radical (unpaired) electrons. The number of ether oxygens (including phenoxy) is 1. The molecule has 1 aliphatic rings. The molecule has 1 heterocycles. The van der Waals surface area contributed by atoms with Gasteiger partial charge in [0.1, 0.15) is 6.61 Å². The summed E-state index contributed by atoms with van der Waals surface area (Å²) < 4.78 is 6.32. The largest absolute Gasteiger partial charge is 0.475 e. The van der Waals surface area contributed by atoms with Crippen molar-refractivity contribution in [3.05, 3.63) is 121 Å². The van der Waals surface area contributed by atoms with Crippen molar-refractivity contribution in [2.75, 3.05) is 6.61 Å². The fraction of sp³-hybridized carbons (Fsp3) is 0.182. The molecular formula is C33H32NOPS. The Kier molecular flexibility index (Phi) is 7.03. The molecule has 4 aromatic carbocycles. The van der Waals surface area contributed by atoms with Gasteiger partial charge in [0, 0.05) is 16.9 Å². The van der Waals surface area contributed by atoms with Crippen LogP contribution in [0.2, 0.25) is 0 Å². The molecule has 0 fully saturated rings. The molecule has 0 spiro atoms. The van der Waals surface area contributed by atoms with E-state index < -0.39 is 6.04 Å². The van der Waals surface area contributed by atoms with Gasteiger partial charge in [-0.3, -0.25) is 0 Å². The summed E-state index contributed by atoms with van der Waals surface area (Å²) in [4.78, 5) is 5.11. The molecule has 1 atom stereocenters. The fourth-order valence-corrected chi connectivity index (χ4v) is 8.67. The van der Waals surface area contributed by atoms with Gasteiger partial charge in [-0.15, -0.1) is 0 Å². The lowest BCUT2D eigenvalue weighted by Gasteiger charge is -2.27. The van der Waals surface area contributed by atoms with E-state index >= 15 is 0 Å². The van der Waals surface area contributed by atoms with E-state index in [1.54, 1.807) is 0 Å². The first kappa shape index (κ1) is 25.4. The Morgan fingerprint density at radius 1 is 0.838 bits per heavy atom. The molecule has 0 aromatic heterocycles. The highest BCUT2D eigenvalue weighted by Gasteiger charge is 2.34. The molecule has 2 nitrogen and oxygen atoms in total. The second-order valence-electron chi connectivity index (χ2n) is 10.5. The van der Waals surface area contributed by atoms with Crippen molar-refractivity contribution in [2.24, 2.45) is 10.4 Å². The first-order valence-corrected chi connectivity index (χ1v) is 15.4. The van der Waals surface area contributed by atoms with E-state index in [0.29, 0.717) is 12.5 Å². The van der Waals surface area contributed by atoms with Crippen LogP contribution in [0.5, 0.6) is 0 Å². The van der Waals surface area contributed by atoms with Crippen LogP contribution in [0.3, 0.4) is 0 Å². The second-order valence-corrected chi connectivity index (χ2v) is 14.8. The number of hydrogen-bond acceptors (Lipinski definition) is 3. The van der Waals surface area contributed by atoms with Gasteiger partial charge < -0.3 is 4.74 Å². The van der Waals surface area contributed by atoms with Crippen LogP contribution in [0.15, 0.2) is 115 Å². The molecule has 0 amide bonds. The van der Waals surface area contributed by atoms with Gasteiger partial charge in [-0.25, -0.2) is 4.99 Å². The third-order valence-corrected chi connectivity index (χ3v) is 11.9. The summed E-state index contributed by atoms with van der Waals surface area (Å²) in [7, 11) is 0. The molecule has 1 unspecified atom stereocenters. The van der Waals surface area contributed by atoms with E-state index in [4.69, 9.17) is 21.5 Å². The molecule has 0 saturated heterocycles. The summed E-state index contributed by atoms with van der Waals surface area (Å²) in [6.45, 7) is 11.1. The standard InChI is InChI=1S/C33H32NOPS/c1-5-24-16-18-25(19-17-24)26-20-21-30(29(22-26)32-34-31(23-35-32)33(2,3)4)36(37,27-12-8-6-9-13-27)28-14-10-7-11-15-28/h5-22,31H,1,23H2,2-4H3. The average molecular weight is 522 g/mol. The van der Waals surface area contributed by atoms with E-state index in [2.05, 4.69) is 118 Å². The van der Waals surface area contributed by atoms with Crippen molar-refractivity contribution in [3.8, 4) is 11.1 Å². The molecule has 4 heteroatoms. The van der Waals surface area contributed by atoms with Crippen LogP contribution in [0.4, 0.5) is 0 Å². The summed E-state index contributed by atoms with van der Waals surface area (Å²) in [6, 6.07) is 33.8. The first-order chi connectivity index (χ1) is 17.8. The fourth-order valence-electron chi connectivity index (χ4n) is 4.64. The number of rotatable bonds is 6. The zero-order chi connectivity index (χ0) is 26.0. The van der Waals surface area contributed by atoms with E-state index in [1.165, 1.54) is 0 Å². The predicted molar refractivity (Wildman–Crippen MR) is 164 cm³/mol. The Labute approximate surface area is 225 Å². The van der Waals surface area contributed by atoms with Crippen LogP contribution >= 0.6 is 6.04 Å². The number of hydrogen-bond donors (Lipinski definition) is 0. The van der Waals surface area contributed by atoms with Gasteiger partial charge >= 0.3 is 0 Å². The Morgan fingerprint density at radius 3 is 1.92 bits per heavy atom. The van der Waals surface area contributed by atoms with Crippen molar-refractivity contribution >= 4 is 45.7 Å². The summed E-state index contributed by atoms with van der Waals surface area (Å²) in [5.41, 5.74) is 4.35. The lowest BCUT2D eigenvalue weighted by molar-refractivity contribution is 0.236. The average Bonchev–Trinajstić information content (AvgIpc) is 3.45. The van der Waals surface area contributed by atoms with Crippen LogP contribution in [-0.4, -0.2) is 18.5 Å². The van der Waals surface area contributed by atoms with Gasteiger partial charge in [0.2, 0.25) is 5.90 Å². The Morgan fingerprint density at radius 2 is 1.41 bits per heavy atom. The first-order valence-electron chi connectivity index (χ1n) is 12.6. The molecule has 0 bridgehead atoms. The van der Waals surface area contributed by atoms with Gasteiger partial charge in [0.15, 0.2) is 0 Å². The maximum Gasteiger partial charge on any atom is 0.217 e. The van der Waals surface area contributed by atoms with Crippen molar-refractivity contribution in [1.82, 2.24) is 0 Å². The molecule has 37 heavy (non-hydrogen) atoms. The maximum absolute atomic E-state index is 6.71. The molecular weight excluding hydrogens is 489 g/mol. The zero-order valence-electron chi connectivity index (χ0n) is 21.6. The molecule has 0 saturated carbocycles. The maximum atomic E-state index is 6.71. The molecule has 0 aliphatic carbocycles. The van der Waals surface area contributed by atoms with Gasteiger partial charge in [-0.05, 0) is 38.8 Å². The van der Waals surface area contributed by atoms with Crippen molar-refractivity contribution < 1.29 is 4.74 Å². The Balaban J connectivity index is 1.75. The SMILES string of the molecule is C=Cc1ccc(-c2ccc(P(=S)(c3ccccc3)c3ccccc3)c(C3=NC(C(C)(C)C)CO3)c2)cc1. The van der Waals surface area contributed by atoms with Crippen LogP contribution in [0, 0.1) is 5.41 Å². The van der Waals surface area contributed by atoms with E-state index in [-0.39, 0.29) is 11.5 Å². The van der Waals surface area contributed by atoms with Gasteiger partial charge in [-0.2, -0.15) is 0 Å². The molecule has 4 aromatic rings. The minimum Gasteiger partial charge on any atom is -0.475 e. The Bertz CT molecular complexity index is 1440. The van der Waals surface area contributed by atoms with Crippen LogP contribution in [-0.2, 0) is 16.5 Å². The second kappa shape index (κ2) is 10.2. The molecule has 1 aliphatic heterocycles. The highest BCUT2D eigenvalue weighted by Crippen LogP contribution is 2.45. The van der Waals surface area contributed by atoms with Gasteiger partial charge in [0.25, 0.3) is 0 Å². The summed E-state index contributed by atoms with van der Waals surface area (Å²) in [5.74, 6) is 0.695. The topological polar surface area (TPSA) is 21.6 Å². The highest BCUT2D eigenvalue weighted by molar-refractivity contribution is 8.25. The van der Waals surface area contributed by atoms with Crippen molar-refractivity contribution in [2.45, 2.75) is 26.8 Å². The number of aliphatic imine (C=N–C) groups is 1. The lowest BCUT2D eigenvalue weighted by Crippen LogP contribution is -2.29. The van der Waals surface area contributed by atoms with E-state index in [9.17, 15) is 0 Å². The molecule has 186 valence electrons. The van der Waals surface area contributed by atoms with Crippen LogP contribution in [0.1, 0.15) is 31.9 Å². The third-order valence-electron chi connectivity index (χ3n) is 6.94. The smallest absolute Gasteiger partial charge is 0.217 e. The normalized spacial score (nSPS) is 15.6. The summed E-state index contributed by atoms with van der Waals surface area (Å²) in [6.07, 6.45) is 1.86. The van der Waals surface area contributed by atoms with Gasteiger partial charge in [-0.1, -0.05) is 142 Å². The van der Waals surface area contributed by atoms with Crippen molar-refractivity contribution in [1.29, 1.82) is 0 Å². The summed E-state index contributed by atoms with van der Waals surface area (Å²) >= 11 is 6.71.